The molecule has 7 heteroatoms. The second-order valence-electron chi connectivity index (χ2n) is 6.75. The van der Waals surface area contributed by atoms with E-state index in [2.05, 4.69) is 15.5 Å². The molecule has 128 valence electrons. The number of nitrogens with one attached hydrogen (secondary N) is 2. The summed E-state index contributed by atoms with van der Waals surface area (Å²) in [6.07, 6.45) is 6.77. The minimum atomic E-state index is -0.182. The first kappa shape index (κ1) is 16.2. The molecule has 0 bridgehead atoms. The molecule has 1 saturated carbocycles. The number of nitrogens with zero attached hydrogens (tertiary/aromatic N) is 2. The summed E-state index contributed by atoms with van der Waals surface area (Å²) in [6, 6.07) is 0.186. The van der Waals surface area contributed by atoms with E-state index in [4.69, 9.17) is 4.74 Å². The van der Waals surface area contributed by atoms with E-state index in [-0.39, 0.29) is 23.6 Å². The molecule has 2 fully saturated rings. The van der Waals surface area contributed by atoms with Gasteiger partial charge >= 0.3 is 5.69 Å². The highest BCUT2D eigenvalue weighted by atomic mass is 16.5. The lowest BCUT2D eigenvalue weighted by Gasteiger charge is -2.33. The predicted octanol–water partition coefficient (Wildman–Crippen LogP) is 0.753. The largest absolute Gasteiger partial charge is 0.381 e. The van der Waals surface area contributed by atoms with Gasteiger partial charge in [0.1, 0.15) is 5.82 Å². The molecule has 2 heterocycles. The number of amides is 1. The average Bonchev–Trinajstić information content (AvgIpc) is 2.89. The van der Waals surface area contributed by atoms with E-state index in [0.717, 1.165) is 44.3 Å². The summed E-state index contributed by atoms with van der Waals surface area (Å²) in [5, 5.41) is 9.86. The minimum Gasteiger partial charge on any atom is -0.381 e. The van der Waals surface area contributed by atoms with Crippen LogP contribution in [-0.4, -0.2) is 39.9 Å². The average molecular weight is 322 g/mol. The molecule has 23 heavy (non-hydrogen) atoms. The summed E-state index contributed by atoms with van der Waals surface area (Å²) in [5.74, 6) is 1.37. The molecule has 2 N–H and O–H groups in total. The maximum Gasteiger partial charge on any atom is 0.343 e. The Bertz CT molecular complexity index is 588. The Morgan fingerprint density at radius 3 is 2.74 bits per heavy atom. The number of aromatic nitrogens is 3. The second-order valence-corrected chi connectivity index (χ2v) is 6.75. The van der Waals surface area contributed by atoms with E-state index in [1.54, 1.807) is 11.6 Å². The van der Waals surface area contributed by atoms with Gasteiger partial charge in [-0.3, -0.25) is 9.36 Å². The van der Waals surface area contributed by atoms with Crippen LogP contribution in [0.25, 0.3) is 0 Å². The molecular weight excluding hydrogens is 296 g/mol. The number of aromatic amines is 1. The Kier molecular flexibility index (Phi) is 5.15. The van der Waals surface area contributed by atoms with Gasteiger partial charge in [0.2, 0.25) is 5.91 Å². The molecule has 0 spiro atoms. The molecule has 1 saturated heterocycles. The van der Waals surface area contributed by atoms with Crippen molar-refractivity contribution < 1.29 is 9.53 Å². The first-order valence-electron chi connectivity index (χ1n) is 8.63. The van der Waals surface area contributed by atoms with E-state index < -0.39 is 0 Å². The Morgan fingerprint density at radius 1 is 1.30 bits per heavy atom. The SMILES string of the molecule is Cn1c(C[C@H]2CCCC[C@H]2NC(=O)C2CCOCC2)n[nH]c1=O. The summed E-state index contributed by atoms with van der Waals surface area (Å²) in [7, 11) is 1.74. The Balaban J connectivity index is 1.62. The monoisotopic (exact) mass is 322 g/mol. The van der Waals surface area contributed by atoms with Crippen molar-refractivity contribution >= 4 is 5.91 Å². The number of carbonyl (C=O) groups is 1. The zero-order valence-electron chi connectivity index (χ0n) is 13.7. The molecule has 1 aromatic heterocycles. The van der Waals surface area contributed by atoms with Gasteiger partial charge in [0.05, 0.1) is 0 Å². The van der Waals surface area contributed by atoms with E-state index in [0.29, 0.717) is 19.1 Å². The van der Waals surface area contributed by atoms with Gasteiger partial charge in [-0.2, -0.15) is 5.10 Å². The molecule has 0 unspecified atom stereocenters. The minimum absolute atomic E-state index is 0.0843. The first-order chi connectivity index (χ1) is 11.1. The van der Waals surface area contributed by atoms with Crippen molar-refractivity contribution in [3.05, 3.63) is 16.3 Å². The molecule has 1 aliphatic carbocycles. The van der Waals surface area contributed by atoms with Crippen LogP contribution in [0, 0.1) is 11.8 Å². The molecule has 1 aromatic rings. The highest BCUT2D eigenvalue weighted by Gasteiger charge is 2.30. The molecule has 1 aliphatic heterocycles. The van der Waals surface area contributed by atoms with Gasteiger partial charge in [0.25, 0.3) is 0 Å². The Hall–Kier alpha value is -1.63. The van der Waals surface area contributed by atoms with Gasteiger partial charge in [-0.25, -0.2) is 9.89 Å². The summed E-state index contributed by atoms with van der Waals surface area (Å²) < 4.78 is 6.89. The highest BCUT2D eigenvalue weighted by Crippen LogP contribution is 2.27. The van der Waals surface area contributed by atoms with Gasteiger partial charge in [-0.15, -0.1) is 0 Å². The van der Waals surface area contributed by atoms with Crippen LogP contribution in [-0.2, 0) is 23.0 Å². The summed E-state index contributed by atoms with van der Waals surface area (Å²) >= 11 is 0. The number of rotatable bonds is 4. The third kappa shape index (κ3) is 3.83. The molecule has 0 aromatic carbocycles. The molecule has 3 rings (SSSR count). The second kappa shape index (κ2) is 7.29. The van der Waals surface area contributed by atoms with Gasteiger partial charge < -0.3 is 10.1 Å². The lowest BCUT2D eigenvalue weighted by Crippen LogP contribution is -2.46. The number of carbonyl (C=O) groups excluding carboxylic acids is 1. The van der Waals surface area contributed by atoms with Gasteiger partial charge in [0, 0.05) is 38.6 Å². The fraction of sp³-hybridized carbons (Fsp3) is 0.812. The van der Waals surface area contributed by atoms with Gasteiger partial charge in [-0.1, -0.05) is 12.8 Å². The Morgan fingerprint density at radius 2 is 2.04 bits per heavy atom. The molecule has 7 nitrogen and oxygen atoms in total. The third-order valence-electron chi connectivity index (χ3n) is 5.25. The van der Waals surface area contributed by atoms with Crippen molar-refractivity contribution in [3.8, 4) is 0 Å². The lowest BCUT2D eigenvalue weighted by molar-refractivity contribution is -0.129. The highest BCUT2D eigenvalue weighted by molar-refractivity contribution is 5.79. The van der Waals surface area contributed by atoms with Crippen LogP contribution in [0.1, 0.15) is 44.3 Å². The number of ether oxygens (including phenoxy) is 1. The summed E-state index contributed by atoms with van der Waals surface area (Å²) in [6.45, 7) is 1.36. The van der Waals surface area contributed by atoms with Crippen LogP contribution in [0.2, 0.25) is 0 Å². The van der Waals surface area contributed by atoms with Crippen molar-refractivity contribution in [1.82, 2.24) is 20.1 Å². The van der Waals surface area contributed by atoms with E-state index in [1.807, 2.05) is 0 Å². The van der Waals surface area contributed by atoms with Crippen molar-refractivity contribution in [1.29, 1.82) is 0 Å². The maximum atomic E-state index is 12.5. The molecule has 2 atom stereocenters. The van der Waals surface area contributed by atoms with Gasteiger partial charge in [-0.05, 0) is 31.6 Å². The number of H-pyrrole nitrogens is 1. The third-order valence-corrected chi connectivity index (χ3v) is 5.25. The van der Waals surface area contributed by atoms with E-state index >= 15 is 0 Å². The van der Waals surface area contributed by atoms with E-state index in [1.165, 1.54) is 6.42 Å². The van der Waals surface area contributed by atoms with E-state index in [9.17, 15) is 9.59 Å². The fourth-order valence-corrected chi connectivity index (χ4v) is 3.70. The van der Waals surface area contributed by atoms with Crippen LogP contribution in [0.4, 0.5) is 0 Å². The topological polar surface area (TPSA) is 89.0 Å². The Labute approximate surface area is 135 Å². The van der Waals surface area contributed by atoms with Crippen molar-refractivity contribution in [3.63, 3.8) is 0 Å². The predicted molar refractivity (Wildman–Crippen MR) is 85.0 cm³/mol. The van der Waals surface area contributed by atoms with Crippen molar-refractivity contribution in [2.75, 3.05) is 13.2 Å². The molecule has 2 aliphatic rings. The summed E-state index contributed by atoms with van der Waals surface area (Å²) in [5.41, 5.74) is -0.182. The van der Waals surface area contributed by atoms with Gasteiger partial charge in [0.15, 0.2) is 0 Å². The van der Waals surface area contributed by atoms with Crippen LogP contribution in [0.3, 0.4) is 0 Å². The molecule has 1 amide bonds. The van der Waals surface area contributed by atoms with Crippen molar-refractivity contribution in [2.24, 2.45) is 18.9 Å². The smallest absolute Gasteiger partial charge is 0.343 e. The van der Waals surface area contributed by atoms with Crippen LogP contribution in [0.5, 0.6) is 0 Å². The zero-order chi connectivity index (χ0) is 16.2. The van der Waals surface area contributed by atoms with Crippen LogP contribution in [0.15, 0.2) is 4.79 Å². The fourth-order valence-electron chi connectivity index (χ4n) is 3.70. The number of hydrogen-bond acceptors (Lipinski definition) is 4. The number of hydrogen-bond donors (Lipinski definition) is 2. The summed E-state index contributed by atoms with van der Waals surface area (Å²) in [4.78, 5) is 24.0. The standard InChI is InChI=1S/C16H26N4O3/c1-20-14(18-19-16(20)22)10-12-4-2-3-5-13(12)17-15(21)11-6-8-23-9-7-11/h11-13H,2-10H2,1H3,(H,17,21)(H,19,22)/t12-,13-/m1/s1. The zero-order valence-corrected chi connectivity index (χ0v) is 13.7. The normalized spacial score (nSPS) is 26.1. The lowest BCUT2D eigenvalue weighted by atomic mass is 9.81. The van der Waals surface area contributed by atoms with Crippen LogP contribution >= 0.6 is 0 Å². The van der Waals surface area contributed by atoms with Crippen molar-refractivity contribution in [2.45, 2.75) is 51.0 Å². The quantitative estimate of drug-likeness (QED) is 0.856. The molecule has 0 radical (unpaired) electrons. The van der Waals surface area contributed by atoms with Crippen LogP contribution < -0.4 is 11.0 Å². The maximum absolute atomic E-state index is 12.5. The first-order valence-corrected chi connectivity index (χ1v) is 8.63. The molecular formula is C16H26N4O3.